The van der Waals surface area contributed by atoms with Gasteiger partial charge in [0.2, 0.25) is 0 Å². The minimum absolute atomic E-state index is 0.0220. The van der Waals surface area contributed by atoms with E-state index in [1.165, 1.54) is 11.1 Å². The molecular formula is C30H38O6. The van der Waals surface area contributed by atoms with Crippen LogP contribution in [0.2, 0.25) is 0 Å². The zero-order chi connectivity index (χ0) is 24.9. The summed E-state index contributed by atoms with van der Waals surface area (Å²) >= 11 is 0. The summed E-state index contributed by atoms with van der Waals surface area (Å²) in [5.74, 6) is 2.33. The molecule has 1 saturated carbocycles. The van der Waals surface area contributed by atoms with Gasteiger partial charge >= 0.3 is 5.97 Å². The van der Waals surface area contributed by atoms with Crippen LogP contribution in [0.5, 0.6) is 11.5 Å². The van der Waals surface area contributed by atoms with Gasteiger partial charge in [-0.25, -0.2) is 0 Å². The van der Waals surface area contributed by atoms with Crippen LogP contribution < -0.4 is 9.47 Å². The van der Waals surface area contributed by atoms with E-state index in [-0.39, 0.29) is 30.2 Å². The van der Waals surface area contributed by atoms with Gasteiger partial charge in [-0.2, -0.15) is 0 Å². The van der Waals surface area contributed by atoms with Gasteiger partial charge < -0.3 is 23.7 Å². The van der Waals surface area contributed by atoms with Crippen molar-refractivity contribution in [1.29, 1.82) is 0 Å². The third kappa shape index (κ3) is 7.01. The summed E-state index contributed by atoms with van der Waals surface area (Å²) in [4.78, 5) is 12.7. The minimum atomic E-state index is -0.101. The molecule has 2 aromatic carbocycles. The molecule has 194 valence electrons. The molecule has 2 aliphatic heterocycles. The Kier molecular flexibility index (Phi) is 8.12. The predicted octanol–water partition coefficient (Wildman–Crippen LogP) is 5.57. The first-order valence-electron chi connectivity index (χ1n) is 13.5. The number of hydrogen-bond acceptors (Lipinski definition) is 6. The molecule has 3 unspecified atom stereocenters. The summed E-state index contributed by atoms with van der Waals surface area (Å²) < 4.78 is 28.0. The quantitative estimate of drug-likeness (QED) is 0.284. The van der Waals surface area contributed by atoms with Crippen molar-refractivity contribution in [3.63, 3.8) is 0 Å². The third-order valence-corrected chi connectivity index (χ3v) is 7.50. The molecule has 3 fully saturated rings. The van der Waals surface area contributed by atoms with Gasteiger partial charge in [-0.05, 0) is 78.8 Å². The Balaban J connectivity index is 1.05. The van der Waals surface area contributed by atoms with Crippen LogP contribution in [0.15, 0.2) is 42.5 Å². The lowest BCUT2D eigenvalue weighted by molar-refractivity contribution is -0.151. The number of carbonyl (C=O) groups excluding carboxylic acids is 1. The van der Waals surface area contributed by atoms with Crippen molar-refractivity contribution in [3.8, 4) is 11.5 Å². The molecule has 36 heavy (non-hydrogen) atoms. The van der Waals surface area contributed by atoms with Crippen molar-refractivity contribution in [2.75, 3.05) is 26.4 Å². The highest BCUT2D eigenvalue weighted by Crippen LogP contribution is 2.35. The van der Waals surface area contributed by atoms with Crippen LogP contribution in [0.3, 0.4) is 0 Å². The zero-order valence-electron chi connectivity index (χ0n) is 21.4. The number of rotatable bonds is 12. The molecule has 2 aromatic rings. The number of esters is 1. The fourth-order valence-corrected chi connectivity index (χ4v) is 4.98. The third-order valence-electron chi connectivity index (χ3n) is 7.50. The molecule has 2 heterocycles. The van der Waals surface area contributed by atoms with E-state index in [2.05, 4.69) is 50.2 Å². The first-order valence-corrected chi connectivity index (χ1v) is 13.5. The maximum absolute atomic E-state index is 12.7. The zero-order valence-corrected chi connectivity index (χ0v) is 21.4. The van der Waals surface area contributed by atoms with Gasteiger partial charge in [0.05, 0.1) is 19.6 Å². The molecule has 0 spiro atoms. The molecule has 0 radical (unpaired) electrons. The fraction of sp³-hybridized carbons (Fsp3) is 0.567. The fourth-order valence-electron chi connectivity index (χ4n) is 4.98. The minimum Gasteiger partial charge on any atom is -0.491 e. The Morgan fingerprint density at radius 2 is 1.61 bits per heavy atom. The van der Waals surface area contributed by atoms with Crippen LogP contribution >= 0.6 is 0 Å². The van der Waals surface area contributed by atoms with Crippen molar-refractivity contribution in [1.82, 2.24) is 0 Å². The second-order valence-corrected chi connectivity index (χ2v) is 10.4. The van der Waals surface area contributed by atoms with E-state index in [4.69, 9.17) is 23.7 Å². The van der Waals surface area contributed by atoms with Crippen LogP contribution in [-0.4, -0.2) is 50.7 Å². The van der Waals surface area contributed by atoms with Crippen molar-refractivity contribution in [2.45, 2.75) is 82.5 Å². The molecule has 0 amide bonds. The molecule has 0 bridgehead atoms. The van der Waals surface area contributed by atoms with E-state index >= 15 is 0 Å². The Hall–Kier alpha value is -2.57. The number of aryl methyl sites for hydroxylation is 1. The highest BCUT2D eigenvalue weighted by molar-refractivity contribution is 5.70. The van der Waals surface area contributed by atoms with Crippen molar-refractivity contribution >= 4 is 5.97 Å². The first kappa shape index (κ1) is 25.1. The average Bonchev–Trinajstić information content (AvgIpc) is 3.82. The van der Waals surface area contributed by atoms with Crippen molar-refractivity contribution in [2.24, 2.45) is 0 Å². The first-order chi connectivity index (χ1) is 17.6. The molecule has 6 nitrogen and oxygen atoms in total. The lowest BCUT2D eigenvalue weighted by Crippen LogP contribution is -2.24. The number of carbonyl (C=O) groups is 1. The largest absolute Gasteiger partial charge is 0.491 e. The van der Waals surface area contributed by atoms with Gasteiger partial charge in [0.15, 0.2) is 0 Å². The SMILES string of the molecule is CCc1cc(C(C)CC(=O)OC2CCC(c3ccc(OCC4CO4)cc3)CC2)ccc1OCC1CO1. The highest BCUT2D eigenvalue weighted by atomic mass is 16.6. The number of hydrogen-bond donors (Lipinski definition) is 0. The van der Waals surface area contributed by atoms with Gasteiger partial charge in [-0.1, -0.05) is 38.1 Å². The van der Waals surface area contributed by atoms with Gasteiger partial charge in [-0.15, -0.1) is 0 Å². The van der Waals surface area contributed by atoms with Crippen LogP contribution in [-0.2, 0) is 25.4 Å². The van der Waals surface area contributed by atoms with Crippen LogP contribution in [0.25, 0.3) is 0 Å². The molecular weight excluding hydrogens is 456 g/mol. The predicted molar refractivity (Wildman–Crippen MR) is 137 cm³/mol. The van der Waals surface area contributed by atoms with Gasteiger partial charge in [0, 0.05) is 0 Å². The second-order valence-electron chi connectivity index (χ2n) is 10.4. The molecule has 0 aromatic heterocycles. The Morgan fingerprint density at radius 3 is 2.25 bits per heavy atom. The molecule has 6 heteroatoms. The summed E-state index contributed by atoms with van der Waals surface area (Å²) in [7, 11) is 0. The Labute approximate surface area is 214 Å². The van der Waals surface area contributed by atoms with E-state index in [0.29, 0.717) is 25.6 Å². The molecule has 5 rings (SSSR count). The monoisotopic (exact) mass is 494 g/mol. The maximum atomic E-state index is 12.7. The van der Waals surface area contributed by atoms with Gasteiger partial charge in [0.25, 0.3) is 0 Å². The van der Waals surface area contributed by atoms with E-state index in [1.54, 1.807) is 0 Å². The lowest BCUT2D eigenvalue weighted by atomic mass is 9.82. The van der Waals surface area contributed by atoms with Gasteiger partial charge in [-0.3, -0.25) is 4.79 Å². The van der Waals surface area contributed by atoms with Crippen molar-refractivity contribution in [3.05, 3.63) is 59.2 Å². The standard InChI is InChI=1S/C30H38O6/c1-3-21-15-24(8-13-29(21)35-19-28-18-34-28)20(2)14-30(31)36-26-11-6-23(7-12-26)22-4-9-25(10-5-22)32-16-27-17-33-27/h4-5,8-10,13,15,20,23,26-28H,3,6-7,11-12,14,16-19H2,1-2H3. The van der Waals surface area contributed by atoms with E-state index in [1.807, 2.05) is 6.07 Å². The lowest BCUT2D eigenvalue weighted by Gasteiger charge is -2.29. The van der Waals surface area contributed by atoms with Gasteiger partial charge in [0.1, 0.15) is 43.0 Å². The van der Waals surface area contributed by atoms with E-state index < -0.39 is 0 Å². The molecule has 2 saturated heterocycles. The Bertz CT molecular complexity index is 1000. The summed E-state index contributed by atoms with van der Waals surface area (Å²) in [5.41, 5.74) is 3.66. The number of benzene rings is 2. The van der Waals surface area contributed by atoms with Crippen LogP contribution in [0, 0.1) is 0 Å². The molecule has 3 atom stereocenters. The molecule has 3 aliphatic rings. The van der Waals surface area contributed by atoms with E-state index in [0.717, 1.165) is 62.4 Å². The summed E-state index contributed by atoms with van der Waals surface area (Å²) in [5, 5.41) is 0. The van der Waals surface area contributed by atoms with Crippen molar-refractivity contribution < 1.29 is 28.5 Å². The topological polar surface area (TPSA) is 69.8 Å². The van der Waals surface area contributed by atoms with Crippen LogP contribution in [0.4, 0.5) is 0 Å². The molecule has 0 N–H and O–H groups in total. The smallest absolute Gasteiger partial charge is 0.306 e. The summed E-state index contributed by atoms with van der Waals surface area (Å²) in [6, 6.07) is 14.7. The Morgan fingerprint density at radius 1 is 0.944 bits per heavy atom. The molecule has 1 aliphatic carbocycles. The number of epoxide rings is 2. The summed E-state index contributed by atoms with van der Waals surface area (Å²) in [6.45, 7) is 7.05. The average molecular weight is 495 g/mol. The van der Waals surface area contributed by atoms with E-state index in [9.17, 15) is 4.79 Å². The highest BCUT2D eigenvalue weighted by Gasteiger charge is 2.27. The van der Waals surface area contributed by atoms with Crippen LogP contribution in [0.1, 0.15) is 74.5 Å². The number of ether oxygens (including phenoxy) is 5. The maximum Gasteiger partial charge on any atom is 0.306 e. The normalized spacial score (nSPS) is 25.6. The summed E-state index contributed by atoms with van der Waals surface area (Å²) in [6.07, 6.45) is 5.73. The second kappa shape index (κ2) is 11.7.